The van der Waals surface area contributed by atoms with Gasteiger partial charge in [0.05, 0.1) is 15.6 Å². The van der Waals surface area contributed by atoms with E-state index in [-0.39, 0.29) is 10.8 Å². The summed E-state index contributed by atoms with van der Waals surface area (Å²) in [5, 5.41) is 5.73. The molecule has 0 fully saturated rings. The van der Waals surface area contributed by atoms with Crippen molar-refractivity contribution < 1.29 is 13.2 Å². The lowest BCUT2D eigenvalue weighted by atomic mass is 10.2. The summed E-state index contributed by atoms with van der Waals surface area (Å²) in [6.07, 6.45) is 1.77. The molecule has 0 unspecified atom stereocenters. The second-order valence-corrected chi connectivity index (χ2v) is 7.74. The van der Waals surface area contributed by atoms with Crippen molar-refractivity contribution in [3.63, 3.8) is 0 Å². The highest BCUT2D eigenvalue weighted by Crippen LogP contribution is 2.11. The maximum atomic E-state index is 12.0. The molecular weight excluding hydrogens is 308 g/mol. The van der Waals surface area contributed by atoms with Crippen LogP contribution in [0.1, 0.15) is 21.1 Å². The second kappa shape index (κ2) is 6.36. The molecule has 1 N–H and O–H groups in total. The molecule has 1 amide bonds. The molecule has 2 aromatic rings. The maximum Gasteiger partial charge on any atom is 0.251 e. The largest absolute Gasteiger partial charge is 0.352 e. The highest BCUT2D eigenvalue weighted by atomic mass is 32.2. The lowest BCUT2D eigenvalue weighted by Crippen LogP contribution is -2.25. The fraction of sp³-hybridized carbons (Fsp3) is 0.286. The van der Waals surface area contributed by atoms with Crippen molar-refractivity contribution in [1.82, 2.24) is 10.3 Å². The van der Waals surface area contributed by atoms with Gasteiger partial charge in [0.25, 0.3) is 5.91 Å². The fourth-order valence-electron chi connectivity index (χ4n) is 1.80. The Balaban J connectivity index is 1.97. The lowest BCUT2D eigenvalue weighted by molar-refractivity contribution is 0.0954. The Labute approximate surface area is 128 Å². The van der Waals surface area contributed by atoms with Gasteiger partial charge in [0.1, 0.15) is 0 Å². The van der Waals surface area contributed by atoms with E-state index in [0.717, 1.165) is 17.0 Å². The topological polar surface area (TPSA) is 76.1 Å². The van der Waals surface area contributed by atoms with Crippen molar-refractivity contribution in [3.05, 3.63) is 45.9 Å². The maximum absolute atomic E-state index is 12.0. The molecule has 0 saturated heterocycles. The van der Waals surface area contributed by atoms with Crippen LogP contribution >= 0.6 is 11.3 Å². The van der Waals surface area contributed by atoms with Crippen LogP contribution in [0.5, 0.6) is 0 Å². The van der Waals surface area contributed by atoms with Crippen molar-refractivity contribution in [2.45, 2.75) is 18.2 Å². The van der Waals surface area contributed by atoms with Crippen LogP contribution in [0.2, 0.25) is 0 Å². The summed E-state index contributed by atoms with van der Waals surface area (Å²) in [5.41, 5.74) is 1.29. The van der Waals surface area contributed by atoms with Crippen molar-refractivity contribution >= 4 is 27.1 Å². The minimum Gasteiger partial charge on any atom is -0.352 e. The first kappa shape index (κ1) is 15.7. The van der Waals surface area contributed by atoms with Gasteiger partial charge in [0, 0.05) is 30.2 Å². The number of sulfone groups is 1. The van der Waals surface area contributed by atoms with Gasteiger partial charge in [-0.25, -0.2) is 13.4 Å². The summed E-state index contributed by atoms with van der Waals surface area (Å²) in [6.45, 7) is 2.40. The molecule has 7 heteroatoms. The van der Waals surface area contributed by atoms with Gasteiger partial charge >= 0.3 is 0 Å². The molecule has 1 aromatic carbocycles. The van der Waals surface area contributed by atoms with Gasteiger partial charge in [0.15, 0.2) is 9.84 Å². The van der Waals surface area contributed by atoms with Gasteiger partial charge in [-0.3, -0.25) is 4.79 Å². The van der Waals surface area contributed by atoms with E-state index in [2.05, 4.69) is 10.3 Å². The summed E-state index contributed by atoms with van der Waals surface area (Å²) in [7, 11) is -3.31. The molecule has 0 aliphatic carbocycles. The normalized spacial score (nSPS) is 11.3. The summed E-state index contributed by atoms with van der Waals surface area (Å²) < 4.78 is 22.9. The van der Waals surface area contributed by atoms with Crippen molar-refractivity contribution in [2.24, 2.45) is 0 Å². The number of rotatable bonds is 5. The van der Waals surface area contributed by atoms with E-state index >= 15 is 0 Å². The van der Waals surface area contributed by atoms with Gasteiger partial charge in [0.2, 0.25) is 0 Å². The predicted molar refractivity (Wildman–Crippen MR) is 82.4 cm³/mol. The fourth-order valence-corrected chi connectivity index (χ4v) is 3.11. The van der Waals surface area contributed by atoms with Crippen LogP contribution < -0.4 is 5.32 Å². The van der Waals surface area contributed by atoms with E-state index in [9.17, 15) is 13.2 Å². The number of aromatic nitrogens is 1. The molecule has 0 aliphatic rings. The minimum absolute atomic E-state index is 0.144. The Morgan fingerprint density at radius 1 is 1.38 bits per heavy atom. The van der Waals surface area contributed by atoms with E-state index in [0.29, 0.717) is 18.5 Å². The van der Waals surface area contributed by atoms with Crippen molar-refractivity contribution in [2.75, 3.05) is 12.8 Å². The average Bonchev–Trinajstić information content (AvgIpc) is 2.83. The number of carbonyl (C=O) groups is 1. The summed E-state index contributed by atoms with van der Waals surface area (Å²) >= 11 is 1.57. The molecular formula is C14H16N2O3S2. The van der Waals surface area contributed by atoms with Crippen molar-refractivity contribution in [1.29, 1.82) is 0 Å². The molecule has 5 nitrogen and oxygen atoms in total. The van der Waals surface area contributed by atoms with Gasteiger partial charge in [-0.15, -0.1) is 11.3 Å². The van der Waals surface area contributed by atoms with E-state index in [4.69, 9.17) is 0 Å². The Hall–Kier alpha value is -1.73. The number of hydrogen-bond acceptors (Lipinski definition) is 5. The van der Waals surface area contributed by atoms with Crippen LogP contribution in [0.25, 0.3) is 0 Å². The average molecular weight is 324 g/mol. The molecule has 1 heterocycles. The van der Waals surface area contributed by atoms with Crippen LogP contribution in [-0.2, 0) is 16.3 Å². The number of thiazole rings is 1. The first-order valence-electron chi connectivity index (χ1n) is 6.35. The number of benzene rings is 1. The monoisotopic (exact) mass is 324 g/mol. The molecule has 112 valence electrons. The van der Waals surface area contributed by atoms with E-state index in [1.807, 2.05) is 12.3 Å². The molecule has 2 rings (SSSR count). The molecule has 0 saturated carbocycles. The van der Waals surface area contributed by atoms with E-state index < -0.39 is 9.84 Å². The number of nitrogens with one attached hydrogen (secondary N) is 1. The van der Waals surface area contributed by atoms with E-state index in [1.54, 1.807) is 23.5 Å². The molecule has 0 aliphatic heterocycles. The third-order valence-corrected chi connectivity index (χ3v) is 4.79. The minimum atomic E-state index is -3.31. The number of carbonyl (C=O) groups excluding carboxylic acids is 1. The second-order valence-electron chi connectivity index (χ2n) is 4.66. The third-order valence-electron chi connectivity index (χ3n) is 2.86. The molecule has 0 bridgehead atoms. The summed E-state index contributed by atoms with van der Waals surface area (Å²) in [4.78, 5) is 16.5. The zero-order valence-electron chi connectivity index (χ0n) is 11.8. The van der Waals surface area contributed by atoms with Crippen molar-refractivity contribution in [3.8, 4) is 0 Å². The number of aryl methyl sites for hydroxylation is 1. The molecule has 1 aromatic heterocycles. The van der Waals surface area contributed by atoms with E-state index in [1.165, 1.54) is 12.1 Å². The Bertz CT molecular complexity index is 751. The first-order valence-corrected chi connectivity index (χ1v) is 9.13. The standard InChI is InChI=1S/C14H16N2O3S2/c1-10-16-12(9-20-10)6-7-15-14(17)11-4-3-5-13(8-11)21(2,18)19/h3-5,8-9H,6-7H2,1-2H3,(H,15,17). The Kier molecular flexibility index (Phi) is 4.74. The smallest absolute Gasteiger partial charge is 0.251 e. The van der Waals surface area contributed by atoms with Crippen LogP contribution in [0.15, 0.2) is 34.5 Å². The highest BCUT2D eigenvalue weighted by molar-refractivity contribution is 7.90. The van der Waals surface area contributed by atoms with Gasteiger partial charge in [-0.05, 0) is 25.1 Å². The highest BCUT2D eigenvalue weighted by Gasteiger charge is 2.11. The Morgan fingerprint density at radius 3 is 2.76 bits per heavy atom. The molecule has 0 atom stereocenters. The predicted octanol–water partition coefficient (Wildman–Crippen LogP) is 1.83. The zero-order chi connectivity index (χ0) is 15.5. The SMILES string of the molecule is Cc1nc(CCNC(=O)c2cccc(S(C)(=O)=O)c2)cs1. The van der Waals surface area contributed by atoms with Gasteiger partial charge in [-0.2, -0.15) is 0 Å². The molecule has 21 heavy (non-hydrogen) atoms. The number of nitrogens with zero attached hydrogens (tertiary/aromatic N) is 1. The van der Waals surface area contributed by atoms with Gasteiger partial charge in [-0.1, -0.05) is 6.07 Å². The number of hydrogen-bond donors (Lipinski definition) is 1. The molecule has 0 spiro atoms. The quantitative estimate of drug-likeness (QED) is 0.910. The third kappa shape index (κ3) is 4.37. The summed E-state index contributed by atoms with van der Waals surface area (Å²) in [6, 6.07) is 6.02. The van der Waals surface area contributed by atoms with Crippen LogP contribution in [0.4, 0.5) is 0 Å². The van der Waals surface area contributed by atoms with Crippen LogP contribution in [-0.4, -0.2) is 32.1 Å². The van der Waals surface area contributed by atoms with Crippen LogP contribution in [0.3, 0.4) is 0 Å². The first-order chi connectivity index (χ1) is 9.86. The Morgan fingerprint density at radius 2 is 2.14 bits per heavy atom. The summed E-state index contributed by atoms with van der Waals surface area (Å²) in [5.74, 6) is -0.285. The molecule has 0 radical (unpaired) electrons. The zero-order valence-corrected chi connectivity index (χ0v) is 13.4. The van der Waals surface area contributed by atoms with Gasteiger partial charge < -0.3 is 5.32 Å². The lowest BCUT2D eigenvalue weighted by Gasteiger charge is -2.05. The van der Waals surface area contributed by atoms with Crippen LogP contribution in [0, 0.1) is 6.92 Å². The number of amides is 1.